The Balaban J connectivity index is 2.98. The SMILES string of the molecule is Cc1nn(CCCO)c(C)c1C(=O)O. The van der Waals surface area contributed by atoms with Crippen LogP contribution in [0.3, 0.4) is 0 Å². The lowest BCUT2D eigenvalue weighted by molar-refractivity contribution is 0.0695. The van der Waals surface area contributed by atoms with Gasteiger partial charge in [0, 0.05) is 13.2 Å². The third-order valence-corrected chi connectivity index (χ3v) is 2.12. The maximum absolute atomic E-state index is 10.8. The van der Waals surface area contributed by atoms with Crippen molar-refractivity contribution in [1.29, 1.82) is 0 Å². The van der Waals surface area contributed by atoms with Gasteiger partial charge in [-0.25, -0.2) is 4.79 Å². The van der Waals surface area contributed by atoms with Crippen molar-refractivity contribution in [3.63, 3.8) is 0 Å². The van der Waals surface area contributed by atoms with Crippen molar-refractivity contribution in [3.8, 4) is 0 Å². The first kappa shape index (κ1) is 10.7. The number of aromatic nitrogens is 2. The molecule has 0 radical (unpaired) electrons. The Morgan fingerprint density at radius 2 is 2.14 bits per heavy atom. The molecule has 1 rings (SSSR count). The number of carboxylic acid groups (broad SMARTS) is 1. The van der Waals surface area contributed by atoms with E-state index < -0.39 is 5.97 Å². The van der Waals surface area contributed by atoms with Gasteiger partial charge in [-0.3, -0.25) is 4.68 Å². The molecule has 0 bridgehead atoms. The monoisotopic (exact) mass is 198 g/mol. The van der Waals surface area contributed by atoms with Crippen molar-refractivity contribution in [1.82, 2.24) is 9.78 Å². The highest BCUT2D eigenvalue weighted by atomic mass is 16.4. The Kier molecular flexibility index (Phi) is 3.24. The predicted octanol–water partition coefficient (Wildman–Crippen LogP) is 0.581. The Hall–Kier alpha value is -1.36. The van der Waals surface area contributed by atoms with E-state index in [1.54, 1.807) is 18.5 Å². The summed E-state index contributed by atoms with van der Waals surface area (Å²) in [6.07, 6.45) is 0.584. The summed E-state index contributed by atoms with van der Waals surface area (Å²) >= 11 is 0. The van der Waals surface area contributed by atoms with Gasteiger partial charge in [0.05, 0.1) is 11.4 Å². The van der Waals surface area contributed by atoms with Crippen LogP contribution in [0.4, 0.5) is 0 Å². The fourth-order valence-electron chi connectivity index (χ4n) is 1.44. The van der Waals surface area contributed by atoms with Crippen LogP contribution in [0.15, 0.2) is 0 Å². The van der Waals surface area contributed by atoms with E-state index in [1.165, 1.54) is 0 Å². The fraction of sp³-hybridized carbons (Fsp3) is 0.556. The lowest BCUT2D eigenvalue weighted by Crippen LogP contribution is -2.05. The summed E-state index contributed by atoms with van der Waals surface area (Å²) in [4.78, 5) is 10.8. The molecule has 0 fully saturated rings. The highest BCUT2D eigenvalue weighted by Crippen LogP contribution is 2.12. The van der Waals surface area contributed by atoms with Gasteiger partial charge in [0.2, 0.25) is 0 Å². The lowest BCUT2D eigenvalue weighted by atomic mass is 10.2. The Bertz CT molecular complexity index is 344. The zero-order valence-corrected chi connectivity index (χ0v) is 8.32. The minimum atomic E-state index is -0.949. The normalized spacial score (nSPS) is 10.5. The smallest absolute Gasteiger partial charge is 0.339 e. The summed E-state index contributed by atoms with van der Waals surface area (Å²) in [5.74, 6) is -0.949. The van der Waals surface area contributed by atoms with Crippen molar-refractivity contribution in [2.45, 2.75) is 26.8 Å². The average Bonchev–Trinajstić information content (AvgIpc) is 2.38. The van der Waals surface area contributed by atoms with Crippen LogP contribution in [0.1, 0.15) is 28.2 Å². The highest BCUT2D eigenvalue weighted by molar-refractivity contribution is 5.90. The van der Waals surface area contributed by atoms with Gasteiger partial charge < -0.3 is 10.2 Å². The molecule has 0 saturated carbocycles. The zero-order chi connectivity index (χ0) is 10.7. The minimum Gasteiger partial charge on any atom is -0.478 e. The molecule has 2 N–H and O–H groups in total. The van der Waals surface area contributed by atoms with Crippen LogP contribution in [-0.2, 0) is 6.54 Å². The predicted molar refractivity (Wildman–Crippen MR) is 50.4 cm³/mol. The van der Waals surface area contributed by atoms with Gasteiger partial charge in [0.1, 0.15) is 5.56 Å². The molecule has 0 amide bonds. The molecule has 0 saturated heterocycles. The molecule has 78 valence electrons. The molecular weight excluding hydrogens is 184 g/mol. The van der Waals surface area contributed by atoms with Gasteiger partial charge in [-0.2, -0.15) is 5.10 Å². The second-order valence-corrected chi connectivity index (χ2v) is 3.15. The molecule has 1 heterocycles. The molecule has 0 aliphatic heterocycles. The zero-order valence-electron chi connectivity index (χ0n) is 8.32. The summed E-state index contributed by atoms with van der Waals surface area (Å²) < 4.78 is 1.62. The van der Waals surface area contributed by atoms with Crippen LogP contribution in [0, 0.1) is 13.8 Å². The number of carbonyl (C=O) groups is 1. The molecule has 0 aliphatic rings. The van der Waals surface area contributed by atoms with Gasteiger partial charge in [0.15, 0.2) is 0 Å². The molecule has 1 aromatic heterocycles. The van der Waals surface area contributed by atoms with E-state index in [2.05, 4.69) is 5.10 Å². The maximum Gasteiger partial charge on any atom is 0.339 e. The highest BCUT2D eigenvalue weighted by Gasteiger charge is 2.16. The first-order chi connectivity index (χ1) is 6.57. The Labute approximate surface area is 82.0 Å². The first-order valence-electron chi connectivity index (χ1n) is 4.46. The molecule has 5 heteroatoms. The van der Waals surface area contributed by atoms with Crippen LogP contribution < -0.4 is 0 Å². The molecule has 0 aromatic carbocycles. The summed E-state index contributed by atoms with van der Waals surface area (Å²) in [5, 5.41) is 21.6. The average molecular weight is 198 g/mol. The van der Waals surface area contributed by atoms with E-state index in [0.29, 0.717) is 24.4 Å². The Morgan fingerprint density at radius 3 is 2.57 bits per heavy atom. The first-order valence-corrected chi connectivity index (χ1v) is 4.46. The van der Waals surface area contributed by atoms with E-state index in [0.717, 1.165) is 0 Å². The molecule has 1 aromatic rings. The van der Waals surface area contributed by atoms with Crippen LogP contribution in [-0.4, -0.2) is 32.6 Å². The van der Waals surface area contributed by atoms with Crippen LogP contribution in [0.5, 0.6) is 0 Å². The molecule has 0 atom stereocenters. The fourth-order valence-corrected chi connectivity index (χ4v) is 1.44. The topological polar surface area (TPSA) is 75.3 Å². The third-order valence-electron chi connectivity index (χ3n) is 2.12. The summed E-state index contributed by atoms with van der Waals surface area (Å²) in [6.45, 7) is 4.03. The molecule has 14 heavy (non-hydrogen) atoms. The van der Waals surface area contributed by atoms with Crippen molar-refractivity contribution in [2.24, 2.45) is 0 Å². The van der Waals surface area contributed by atoms with Crippen molar-refractivity contribution >= 4 is 5.97 Å². The number of carboxylic acids is 1. The molecular formula is C9H14N2O3. The third kappa shape index (κ3) is 1.93. The van der Waals surface area contributed by atoms with Gasteiger partial charge in [0.25, 0.3) is 0 Å². The second kappa shape index (κ2) is 4.23. The van der Waals surface area contributed by atoms with Crippen LogP contribution >= 0.6 is 0 Å². The van der Waals surface area contributed by atoms with Crippen molar-refractivity contribution in [2.75, 3.05) is 6.61 Å². The van der Waals surface area contributed by atoms with Gasteiger partial charge >= 0.3 is 5.97 Å². The molecule has 5 nitrogen and oxygen atoms in total. The summed E-state index contributed by atoms with van der Waals surface area (Å²) in [7, 11) is 0. The standard InChI is InChI=1S/C9H14N2O3/c1-6-8(9(13)14)7(2)11(10-6)4-3-5-12/h12H,3-5H2,1-2H3,(H,13,14). The molecule has 0 unspecified atom stereocenters. The lowest BCUT2D eigenvalue weighted by Gasteiger charge is -2.01. The number of hydrogen-bond donors (Lipinski definition) is 2. The number of hydrogen-bond acceptors (Lipinski definition) is 3. The minimum absolute atomic E-state index is 0.0841. The van der Waals surface area contributed by atoms with Crippen molar-refractivity contribution < 1.29 is 15.0 Å². The van der Waals surface area contributed by atoms with E-state index in [1.807, 2.05) is 0 Å². The number of nitrogens with zero attached hydrogens (tertiary/aromatic N) is 2. The number of aryl methyl sites for hydroxylation is 2. The quantitative estimate of drug-likeness (QED) is 0.742. The molecule has 0 spiro atoms. The number of aromatic carboxylic acids is 1. The largest absolute Gasteiger partial charge is 0.478 e. The van der Waals surface area contributed by atoms with Gasteiger partial charge in [-0.15, -0.1) is 0 Å². The van der Waals surface area contributed by atoms with Gasteiger partial charge in [-0.1, -0.05) is 0 Å². The number of aliphatic hydroxyl groups is 1. The number of aliphatic hydroxyl groups excluding tert-OH is 1. The summed E-state index contributed by atoms with van der Waals surface area (Å²) in [6, 6.07) is 0. The van der Waals surface area contributed by atoms with E-state index in [-0.39, 0.29) is 12.2 Å². The van der Waals surface area contributed by atoms with E-state index in [9.17, 15) is 4.79 Å². The summed E-state index contributed by atoms with van der Waals surface area (Å²) in [5.41, 5.74) is 1.43. The number of rotatable bonds is 4. The van der Waals surface area contributed by atoms with E-state index in [4.69, 9.17) is 10.2 Å². The van der Waals surface area contributed by atoms with Gasteiger partial charge in [-0.05, 0) is 20.3 Å². The Morgan fingerprint density at radius 1 is 1.50 bits per heavy atom. The van der Waals surface area contributed by atoms with Crippen LogP contribution in [0.2, 0.25) is 0 Å². The van der Waals surface area contributed by atoms with Crippen molar-refractivity contribution in [3.05, 3.63) is 17.0 Å². The maximum atomic E-state index is 10.8. The van der Waals surface area contributed by atoms with E-state index >= 15 is 0 Å². The molecule has 0 aliphatic carbocycles. The van der Waals surface area contributed by atoms with Crippen LogP contribution in [0.25, 0.3) is 0 Å². The second-order valence-electron chi connectivity index (χ2n) is 3.15.